The van der Waals surface area contributed by atoms with Gasteiger partial charge in [-0.25, -0.2) is 0 Å². The standard InChI is InChI=1S/C28H37NO6Si/c1-26(2,3)36(20-12-8-6-9-13-20,21-14-10-7-11-15-21)32-18-19(29-31)16-28(30)17-22-23(24-25(28)33-24)35-27(4,5)34-22/h6-15,22-25,30-31H,16-18H2,1-5H3/b29-19+/t22-,23-,24-,25-,28+/m1/s1. The van der Waals surface area contributed by atoms with E-state index >= 15 is 0 Å². The van der Waals surface area contributed by atoms with E-state index in [1.165, 1.54) is 0 Å². The summed E-state index contributed by atoms with van der Waals surface area (Å²) in [5.41, 5.74) is -0.831. The van der Waals surface area contributed by atoms with Crippen LogP contribution in [0.3, 0.4) is 0 Å². The third kappa shape index (κ3) is 4.44. The molecule has 3 fully saturated rings. The van der Waals surface area contributed by atoms with Gasteiger partial charge in [0, 0.05) is 12.8 Å². The third-order valence-corrected chi connectivity index (χ3v) is 12.7. The number of fused-ring (bicyclic) bond motifs is 3. The number of epoxide rings is 1. The molecule has 1 aliphatic carbocycles. The maximum absolute atomic E-state index is 11.6. The van der Waals surface area contributed by atoms with Crippen LogP contribution in [0.1, 0.15) is 47.5 Å². The number of nitrogens with zero attached hydrogens (tertiary/aromatic N) is 1. The van der Waals surface area contributed by atoms with Crippen LogP contribution in [0, 0.1) is 0 Å². The number of rotatable bonds is 7. The van der Waals surface area contributed by atoms with Crippen LogP contribution in [0.25, 0.3) is 0 Å². The Balaban J connectivity index is 1.40. The topological polar surface area (TPSA) is 93.0 Å². The molecule has 8 heteroatoms. The Morgan fingerprint density at radius 1 is 1.00 bits per heavy atom. The van der Waals surface area contributed by atoms with Gasteiger partial charge in [-0.05, 0) is 29.3 Å². The Morgan fingerprint density at radius 3 is 2.11 bits per heavy atom. The highest BCUT2D eigenvalue weighted by Crippen LogP contribution is 2.51. The van der Waals surface area contributed by atoms with Gasteiger partial charge in [0.05, 0.1) is 18.4 Å². The SMILES string of the molecule is CC1(C)O[C@H]2[C@H]3O[C@H]3[C@](O)(C/C(CO[Si](c3ccccc3)(c3ccccc3)C(C)(C)C)=N\O)C[C@H]2O1. The summed E-state index contributed by atoms with van der Waals surface area (Å²) in [6, 6.07) is 20.6. The van der Waals surface area contributed by atoms with Gasteiger partial charge >= 0.3 is 0 Å². The summed E-state index contributed by atoms with van der Waals surface area (Å²) < 4.78 is 24.8. The van der Waals surface area contributed by atoms with E-state index < -0.39 is 19.7 Å². The smallest absolute Gasteiger partial charge is 0.261 e. The van der Waals surface area contributed by atoms with Crippen molar-refractivity contribution < 1.29 is 29.0 Å². The monoisotopic (exact) mass is 511 g/mol. The molecule has 5 atom stereocenters. The Bertz CT molecular complexity index is 1060. The molecule has 1 saturated carbocycles. The quantitative estimate of drug-likeness (QED) is 0.195. The van der Waals surface area contributed by atoms with Crippen molar-refractivity contribution in [3.63, 3.8) is 0 Å². The molecule has 2 heterocycles. The van der Waals surface area contributed by atoms with Crippen molar-refractivity contribution >= 4 is 24.4 Å². The third-order valence-electron chi connectivity index (χ3n) is 7.68. The van der Waals surface area contributed by atoms with Crippen molar-refractivity contribution in [2.45, 2.75) is 88.3 Å². The van der Waals surface area contributed by atoms with E-state index in [-0.39, 0.29) is 42.5 Å². The van der Waals surface area contributed by atoms with Gasteiger partial charge in [0.25, 0.3) is 8.32 Å². The lowest BCUT2D eigenvalue weighted by Crippen LogP contribution is -2.67. The summed E-state index contributed by atoms with van der Waals surface area (Å²) in [4.78, 5) is 0. The molecule has 0 aromatic heterocycles. The summed E-state index contributed by atoms with van der Waals surface area (Å²) in [5.74, 6) is -0.711. The van der Waals surface area contributed by atoms with Crippen LogP contribution in [-0.4, -0.2) is 66.8 Å². The molecule has 2 aliphatic heterocycles. The predicted molar refractivity (Wildman–Crippen MR) is 139 cm³/mol. The summed E-state index contributed by atoms with van der Waals surface area (Å²) in [7, 11) is -2.82. The zero-order valence-electron chi connectivity index (χ0n) is 21.7. The Hall–Kier alpha value is -2.07. The molecular weight excluding hydrogens is 474 g/mol. The number of benzene rings is 2. The molecule has 0 radical (unpaired) electrons. The van der Waals surface area contributed by atoms with Crippen LogP contribution < -0.4 is 10.4 Å². The first-order valence-electron chi connectivity index (χ1n) is 12.7. The van der Waals surface area contributed by atoms with E-state index in [1.807, 2.05) is 50.2 Å². The minimum atomic E-state index is -2.82. The lowest BCUT2D eigenvalue weighted by atomic mass is 9.78. The number of ether oxygens (including phenoxy) is 3. The lowest BCUT2D eigenvalue weighted by Gasteiger charge is -2.43. The zero-order valence-corrected chi connectivity index (χ0v) is 22.7. The minimum Gasteiger partial charge on any atom is -0.411 e. The number of aliphatic hydroxyl groups is 1. The molecule has 7 nitrogen and oxygen atoms in total. The van der Waals surface area contributed by atoms with E-state index in [4.69, 9.17) is 18.6 Å². The molecule has 0 bridgehead atoms. The van der Waals surface area contributed by atoms with Crippen molar-refractivity contribution in [3.8, 4) is 0 Å². The van der Waals surface area contributed by atoms with Gasteiger partial charge in [0.1, 0.15) is 23.9 Å². The maximum Gasteiger partial charge on any atom is 0.261 e. The van der Waals surface area contributed by atoms with Crippen molar-refractivity contribution in [2.75, 3.05) is 6.61 Å². The van der Waals surface area contributed by atoms with Gasteiger partial charge in [-0.15, -0.1) is 0 Å². The van der Waals surface area contributed by atoms with Crippen molar-refractivity contribution in [1.82, 2.24) is 0 Å². The fourth-order valence-corrected chi connectivity index (χ4v) is 10.7. The fraction of sp³-hybridized carbons (Fsp3) is 0.536. The second kappa shape index (κ2) is 9.04. The molecule has 2 aromatic rings. The number of oxime groups is 1. The molecule has 0 spiro atoms. The van der Waals surface area contributed by atoms with Crippen LogP contribution >= 0.6 is 0 Å². The van der Waals surface area contributed by atoms with Crippen molar-refractivity contribution in [2.24, 2.45) is 5.16 Å². The van der Waals surface area contributed by atoms with Crippen LogP contribution in [0.2, 0.25) is 5.04 Å². The van der Waals surface area contributed by atoms with Gasteiger partial charge in [-0.3, -0.25) is 0 Å². The maximum atomic E-state index is 11.6. The summed E-state index contributed by atoms with van der Waals surface area (Å²) >= 11 is 0. The van der Waals surface area contributed by atoms with Gasteiger partial charge in [0.2, 0.25) is 0 Å². The Kier molecular flexibility index (Phi) is 6.42. The van der Waals surface area contributed by atoms with Crippen molar-refractivity contribution in [1.29, 1.82) is 0 Å². The zero-order chi connectivity index (χ0) is 25.8. The first-order chi connectivity index (χ1) is 17.0. The molecule has 2 saturated heterocycles. The second-order valence-corrected chi connectivity index (χ2v) is 16.1. The highest BCUT2D eigenvalue weighted by Gasteiger charge is 2.68. The summed E-state index contributed by atoms with van der Waals surface area (Å²) in [6.07, 6.45) is -0.565. The minimum absolute atomic E-state index is 0.0976. The number of hydrogen-bond donors (Lipinski definition) is 2. The van der Waals surface area contributed by atoms with Gasteiger partial charge in [0.15, 0.2) is 5.79 Å². The Labute approximate surface area is 214 Å². The predicted octanol–water partition coefficient (Wildman–Crippen LogP) is 3.21. The number of hydrogen-bond acceptors (Lipinski definition) is 7. The average Bonchev–Trinajstić information content (AvgIpc) is 3.58. The molecular formula is C28H37NO6Si. The highest BCUT2D eigenvalue weighted by atomic mass is 28.4. The molecule has 0 amide bonds. The van der Waals surface area contributed by atoms with E-state index in [0.29, 0.717) is 12.1 Å². The van der Waals surface area contributed by atoms with Crippen LogP contribution in [0.4, 0.5) is 0 Å². The second-order valence-electron chi connectivity index (χ2n) is 11.8. The van der Waals surface area contributed by atoms with Gasteiger partial charge < -0.3 is 29.0 Å². The summed E-state index contributed by atoms with van der Waals surface area (Å²) in [5, 5.41) is 27.3. The van der Waals surface area contributed by atoms with Crippen LogP contribution in [0.15, 0.2) is 65.8 Å². The highest BCUT2D eigenvalue weighted by molar-refractivity contribution is 6.99. The summed E-state index contributed by atoms with van der Waals surface area (Å²) in [6.45, 7) is 10.4. The van der Waals surface area contributed by atoms with Crippen LogP contribution in [0.5, 0.6) is 0 Å². The lowest BCUT2D eigenvalue weighted by molar-refractivity contribution is -0.151. The molecule has 3 aliphatic rings. The average molecular weight is 512 g/mol. The molecule has 36 heavy (non-hydrogen) atoms. The van der Waals surface area contributed by atoms with E-state index in [9.17, 15) is 10.3 Å². The van der Waals surface area contributed by atoms with E-state index in [1.54, 1.807) is 0 Å². The Morgan fingerprint density at radius 2 is 1.58 bits per heavy atom. The van der Waals surface area contributed by atoms with Crippen molar-refractivity contribution in [3.05, 3.63) is 60.7 Å². The largest absolute Gasteiger partial charge is 0.411 e. The first-order valence-corrected chi connectivity index (χ1v) is 14.6. The van der Waals surface area contributed by atoms with Crippen LogP contribution in [-0.2, 0) is 18.6 Å². The molecule has 2 N–H and O–H groups in total. The molecule has 2 aromatic carbocycles. The molecule has 5 rings (SSSR count). The van der Waals surface area contributed by atoms with Gasteiger partial charge in [-0.2, -0.15) is 0 Å². The normalized spacial score (nSPS) is 31.6. The van der Waals surface area contributed by atoms with Gasteiger partial charge in [-0.1, -0.05) is 86.6 Å². The van der Waals surface area contributed by atoms with E-state index in [2.05, 4.69) is 50.2 Å². The molecule has 0 unspecified atom stereocenters. The fourth-order valence-electron chi connectivity index (χ4n) is 6.16. The van der Waals surface area contributed by atoms with E-state index in [0.717, 1.165) is 10.4 Å². The first kappa shape index (κ1) is 25.6. The molecule has 194 valence electrons.